The van der Waals surface area contributed by atoms with E-state index in [1.807, 2.05) is 0 Å². The Morgan fingerprint density at radius 3 is 2.50 bits per heavy atom. The zero-order valence-corrected chi connectivity index (χ0v) is 14.1. The Balaban J connectivity index is 1.67. The number of rotatable bonds is 2. The van der Waals surface area contributed by atoms with Crippen LogP contribution in [0.1, 0.15) is 53.1 Å². The molecule has 2 saturated heterocycles. The molecule has 1 aromatic rings. The number of benzene rings is 1. The molecule has 2 N–H and O–H groups in total. The van der Waals surface area contributed by atoms with Gasteiger partial charge in [-0.25, -0.2) is 8.78 Å². The number of nitrogens with one attached hydrogen (secondary N) is 2. The van der Waals surface area contributed by atoms with E-state index in [0.717, 1.165) is 6.07 Å². The van der Waals surface area contributed by atoms with Crippen LogP contribution in [0.15, 0.2) is 6.07 Å². The topological polar surface area (TPSA) is 78.5 Å². The van der Waals surface area contributed by atoms with Crippen molar-refractivity contribution in [2.45, 2.75) is 44.2 Å². The molecule has 4 rings (SSSR count). The second kappa shape index (κ2) is 6.42. The van der Waals surface area contributed by atoms with Crippen LogP contribution in [-0.2, 0) is 16.1 Å². The molecule has 3 heterocycles. The molecule has 138 valence electrons. The number of nitrogens with zero attached hydrogens (tertiary/aromatic N) is 1. The summed E-state index contributed by atoms with van der Waals surface area (Å²) in [7, 11) is 0. The van der Waals surface area contributed by atoms with Crippen LogP contribution in [-0.4, -0.2) is 41.8 Å². The van der Waals surface area contributed by atoms with Crippen molar-refractivity contribution in [3.63, 3.8) is 0 Å². The average Bonchev–Trinajstić information content (AvgIpc) is 2.93. The summed E-state index contributed by atoms with van der Waals surface area (Å²) in [5.74, 6) is -3.12. The van der Waals surface area contributed by atoms with E-state index in [4.69, 9.17) is 0 Å². The van der Waals surface area contributed by atoms with Gasteiger partial charge in [0.2, 0.25) is 11.8 Å². The van der Waals surface area contributed by atoms with Gasteiger partial charge in [0, 0.05) is 17.5 Å². The van der Waals surface area contributed by atoms with Crippen LogP contribution in [0.5, 0.6) is 0 Å². The third-order valence-corrected chi connectivity index (χ3v) is 5.51. The maximum absolute atomic E-state index is 15.1. The fourth-order valence-electron chi connectivity index (χ4n) is 4.14. The van der Waals surface area contributed by atoms with Gasteiger partial charge in [-0.05, 0) is 44.3 Å². The lowest BCUT2D eigenvalue weighted by molar-refractivity contribution is -0.136. The lowest BCUT2D eigenvalue weighted by Gasteiger charge is -2.29. The monoisotopic (exact) mass is 363 g/mol. The minimum absolute atomic E-state index is 0.0256. The number of carbonyl (C=O) groups excluding carboxylic acids is 3. The molecule has 0 saturated carbocycles. The smallest absolute Gasteiger partial charge is 0.255 e. The summed E-state index contributed by atoms with van der Waals surface area (Å²) < 4.78 is 29.7. The van der Waals surface area contributed by atoms with Crippen molar-refractivity contribution < 1.29 is 23.2 Å². The van der Waals surface area contributed by atoms with Crippen molar-refractivity contribution >= 4 is 17.7 Å². The maximum atomic E-state index is 15.1. The zero-order chi connectivity index (χ0) is 18.4. The fourth-order valence-corrected chi connectivity index (χ4v) is 4.14. The molecular formula is C18H19F2N3O3. The summed E-state index contributed by atoms with van der Waals surface area (Å²) in [6.07, 6.45) is 1.58. The van der Waals surface area contributed by atoms with Gasteiger partial charge >= 0.3 is 0 Å². The molecule has 0 aromatic heterocycles. The second-order valence-electron chi connectivity index (χ2n) is 7.04. The summed E-state index contributed by atoms with van der Waals surface area (Å²) in [5.41, 5.74) is 0.167. The van der Waals surface area contributed by atoms with E-state index < -0.39 is 29.5 Å². The van der Waals surface area contributed by atoms with Crippen LogP contribution >= 0.6 is 0 Å². The molecule has 1 unspecified atom stereocenters. The SMILES string of the molecule is O=C1CCC(N2Cc3c(cc(F)c(C4CCNCC4)c3F)C2=O)C(=O)N1. The number of hydrogen-bond donors (Lipinski definition) is 2. The Morgan fingerprint density at radius 2 is 1.81 bits per heavy atom. The van der Waals surface area contributed by atoms with E-state index in [-0.39, 0.29) is 47.9 Å². The number of hydrogen-bond acceptors (Lipinski definition) is 4. The van der Waals surface area contributed by atoms with Crippen LogP contribution in [0.25, 0.3) is 0 Å². The van der Waals surface area contributed by atoms with Gasteiger partial charge in [-0.2, -0.15) is 0 Å². The van der Waals surface area contributed by atoms with E-state index in [1.165, 1.54) is 4.90 Å². The highest BCUT2D eigenvalue weighted by atomic mass is 19.1. The van der Waals surface area contributed by atoms with Crippen LogP contribution < -0.4 is 10.6 Å². The van der Waals surface area contributed by atoms with Gasteiger partial charge in [-0.1, -0.05) is 0 Å². The fraction of sp³-hybridized carbons (Fsp3) is 0.500. The molecule has 2 fully saturated rings. The molecule has 1 atom stereocenters. The van der Waals surface area contributed by atoms with Gasteiger partial charge in [0.15, 0.2) is 0 Å². The van der Waals surface area contributed by atoms with Crippen LogP contribution in [0.4, 0.5) is 8.78 Å². The number of amides is 3. The molecule has 0 bridgehead atoms. The van der Waals surface area contributed by atoms with Gasteiger partial charge in [0.05, 0.1) is 12.1 Å². The molecule has 3 aliphatic heterocycles. The van der Waals surface area contributed by atoms with Crippen molar-refractivity contribution in [1.82, 2.24) is 15.5 Å². The number of halogens is 2. The summed E-state index contributed by atoms with van der Waals surface area (Å²) in [5, 5.41) is 5.36. The molecule has 0 aliphatic carbocycles. The molecule has 26 heavy (non-hydrogen) atoms. The minimum atomic E-state index is -0.836. The Morgan fingerprint density at radius 1 is 1.08 bits per heavy atom. The predicted octanol–water partition coefficient (Wildman–Crippen LogP) is 1.19. The highest BCUT2D eigenvalue weighted by Crippen LogP contribution is 2.37. The Kier molecular flexibility index (Phi) is 4.22. The largest absolute Gasteiger partial charge is 0.322 e. The number of carbonyl (C=O) groups is 3. The van der Waals surface area contributed by atoms with Gasteiger partial charge < -0.3 is 10.2 Å². The number of piperidine rings is 2. The normalized spacial score (nSPS) is 24.0. The zero-order valence-electron chi connectivity index (χ0n) is 14.1. The minimum Gasteiger partial charge on any atom is -0.322 e. The van der Waals surface area contributed by atoms with E-state index in [9.17, 15) is 18.8 Å². The van der Waals surface area contributed by atoms with Crippen molar-refractivity contribution in [3.05, 3.63) is 34.4 Å². The number of fused-ring (bicyclic) bond motifs is 1. The molecular weight excluding hydrogens is 344 g/mol. The van der Waals surface area contributed by atoms with Gasteiger partial charge in [0.25, 0.3) is 5.91 Å². The van der Waals surface area contributed by atoms with Gasteiger partial charge in [-0.15, -0.1) is 0 Å². The molecule has 6 nitrogen and oxygen atoms in total. The first-order valence-electron chi connectivity index (χ1n) is 8.83. The molecule has 0 spiro atoms. The first-order chi connectivity index (χ1) is 12.5. The third kappa shape index (κ3) is 2.68. The van der Waals surface area contributed by atoms with Crippen molar-refractivity contribution in [2.24, 2.45) is 0 Å². The molecule has 0 radical (unpaired) electrons. The maximum Gasteiger partial charge on any atom is 0.255 e. The Labute approximate surface area is 148 Å². The van der Waals surface area contributed by atoms with E-state index in [0.29, 0.717) is 25.9 Å². The van der Waals surface area contributed by atoms with E-state index in [2.05, 4.69) is 10.6 Å². The van der Waals surface area contributed by atoms with Crippen LogP contribution in [0.3, 0.4) is 0 Å². The Hall–Kier alpha value is -2.35. The summed E-state index contributed by atoms with van der Waals surface area (Å²) >= 11 is 0. The Bertz CT molecular complexity index is 805. The number of imide groups is 1. The second-order valence-corrected chi connectivity index (χ2v) is 7.04. The molecule has 3 amide bonds. The predicted molar refractivity (Wildman–Crippen MR) is 87.2 cm³/mol. The molecule has 8 heteroatoms. The van der Waals surface area contributed by atoms with E-state index in [1.54, 1.807) is 0 Å². The molecule has 3 aliphatic rings. The van der Waals surface area contributed by atoms with Crippen molar-refractivity contribution in [2.75, 3.05) is 13.1 Å². The van der Waals surface area contributed by atoms with Gasteiger partial charge in [-0.3, -0.25) is 19.7 Å². The van der Waals surface area contributed by atoms with Crippen molar-refractivity contribution in [3.8, 4) is 0 Å². The lowest BCUT2D eigenvalue weighted by atomic mass is 9.87. The average molecular weight is 363 g/mol. The first-order valence-corrected chi connectivity index (χ1v) is 8.83. The lowest BCUT2D eigenvalue weighted by Crippen LogP contribution is -2.52. The van der Waals surface area contributed by atoms with Crippen LogP contribution in [0, 0.1) is 11.6 Å². The van der Waals surface area contributed by atoms with Gasteiger partial charge in [0.1, 0.15) is 17.7 Å². The summed E-state index contributed by atoms with van der Waals surface area (Å²) in [6.45, 7) is 1.31. The highest BCUT2D eigenvalue weighted by Gasteiger charge is 2.41. The third-order valence-electron chi connectivity index (χ3n) is 5.51. The first kappa shape index (κ1) is 17.1. The van der Waals surface area contributed by atoms with Crippen molar-refractivity contribution in [1.29, 1.82) is 0 Å². The van der Waals surface area contributed by atoms with Crippen LogP contribution in [0.2, 0.25) is 0 Å². The summed E-state index contributed by atoms with van der Waals surface area (Å²) in [6, 6.07) is 0.265. The standard InChI is InChI=1S/C18H19F2N3O3/c19-12-7-10-11(16(20)15(12)9-3-5-21-6-4-9)8-23(18(10)26)13-1-2-14(24)22-17(13)25/h7,9,13,21H,1-6,8H2,(H,22,24,25). The van der Waals surface area contributed by atoms with E-state index >= 15 is 4.39 Å². The quantitative estimate of drug-likeness (QED) is 0.774. The summed E-state index contributed by atoms with van der Waals surface area (Å²) in [4.78, 5) is 37.2. The molecule has 1 aromatic carbocycles. The highest BCUT2D eigenvalue weighted by molar-refractivity contribution is 6.05.